The number of nitro groups is 1. The summed E-state index contributed by atoms with van der Waals surface area (Å²) in [5.74, 6) is 0.250. The van der Waals surface area contributed by atoms with E-state index in [0.717, 1.165) is 22.9 Å². The molecule has 1 saturated heterocycles. The van der Waals surface area contributed by atoms with Crippen molar-refractivity contribution in [2.45, 2.75) is 13.5 Å². The maximum atomic E-state index is 12.7. The lowest BCUT2D eigenvalue weighted by Crippen LogP contribution is -2.27. The number of hydrogen-bond acceptors (Lipinski definition) is 6. The van der Waals surface area contributed by atoms with Crippen molar-refractivity contribution in [1.29, 1.82) is 0 Å². The lowest BCUT2D eigenvalue weighted by Gasteiger charge is -2.12. The zero-order valence-corrected chi connectivity index (χ0v) is 17.8. The minimum absolute atomic E-state index is 0.116. The van der Waals surface area contributed by atoms with Gasteiger partial charge in [-0.25, -0.2) is 0 Å². The summed E-state index contributed by atoms with van der Waals surface area (Å²) in [5, 5.41) is 11.0. The van der Waals surface area contributed by atoms with Crippen molar-refractivity contribution in [1.82, 2.24) is 4.90 Å². The van der Waals surface area contributed by atoms with E-state index >= 15 is 0 Å². The normalized spacial score (nSPS) is 15.2. The van der Waals surface area contributed by atoms with Crippen LogP contribution in [0.2, 0.25) is 5.02 Å². The van der Waals surface area contributed by atoms with Gasteiger partial charge in [0, 0.05) is 23.8 Å². The van der Waals surface area contributed by atoms with Gasteiger partial charge in [0.05, 0.1) is 21.4 Å². The molecular formula is C22H15ClN2O5S. The monoisotopic (exact) mass is 454 g/mol. The van der Waals surface area contributed by atoms with Gasteiger partial charge in [-0.1, -0.05) is 41.4 Å². The Hall–Kier alpha value is -3.36. The summed E-state index contributed by atoms with van der Waals surface area (Å²) in [4.78, 5) is 37.0. The van der Waals surface area contributed by atoms with E-state index in [4.69, 9.17) is 16.0 Å². The van der Waals surface area contributed by atoms with E-state index in [2.05, 4.69) is 0 Å². The van der Waals surface area contributed by atoms with Crippen molar-refractivity contribution in [2.75, 3.05) is 0 Å². The second-order valence-corrected chi connectivity index (χ2v) is 8.28. The first-order chi connectivity index (χ1) is 14.8. The highest BCUT2D eigenvalue weighted by Gasteiger charge is 2.35. The lowest BCUT2D eigenvalue weighted by molar-refractivity contribution is -0.384. The number of carbonyl (C=O) groups is 2. The summed E-state index contributed by atoms with van der Waals surface area (Å²) in [5.41, 5.74) is 2.16. The Labute approximate surface area is 186 Å². The average Bonchev–Trinajstić information content (AvgIpc) is 3.28. The second kappa shape index (κ2) is 8.41. The Bertz CT molecular complexity index is 1250. The second-order valence-electron chi connectivity index (χ2n) is 6.88. The number of imide groups is 1. The van der Waals surface area contributed by atoms with Crippen LogP contribution < -0.4 is 0 Å². The number of furan rings is 1. The first kappa shape index (κ1) is 20.9. The minimum atomic E-state index is -0.520. The molecule has 156 valence electrons. The van der Waals surface area contributed by atoms with Gasteiger partial charge >= 0.3 is 0 Å². The Morgan fingerprint density at radius 2 is 1.97 bits per heavy atom. The third-order valence-corrected chi connectivity index (χ3v) is 5.86. The third-order valence-electron chi connectivity index (χ3n) is 4.62. The maximum absolute atomic E-state index is 12.7. The van der Waals surface area contributed by atoms with Gasteiger partial charge in [-0.05, 0) is 42.4 Å². The van der Waals surface area contributed by atoms with Crippen LogP contribution in [0.3, 0.4) is 0 Å². The highest BCUT2D eigenvalue weighted by molar-refractivity contribution is 8.18. The first-order valence-corrected chi connectivity index (χ1v) is 10.4. The molecule has 0 aliphatic carbocycles. The van der Waals surface area contributed by atoms with Crippen LogP contribution in [0.5, 0.6) is 0 Å². The van der Waals surface area contributed by atoms with Crippen molar-refractivity contribution < 1.29 is 18.9 Å². The van der Waals surface area contributed by atoms with Crippen LogP contribution in [0.15, 0.2) is 63.9 Å². The molecule has 0 bridgehead atoms. The van der Waals surface area contributed by atoms with Crippen molar-refractivity contribution in [3.8, 4) is 11.3 Å². The number of nitro benzene ring substituents is 1. The van der Waals surface area contributed by atoms with Gasteiger partial charge in [-0.15, -0.1) is 0 Å². The van der Waals surface area contributed by atoms with E-state index in [9.17, 15) is 19.7 Å². The number of hydrogen-bond donors (Lipinski definition) is 0. The Balaban J connectivity index is 1.57. The summed E-state index contributed by atoms with van der Waals surface area (Å²) in [6, 6.07) is 14.9. The van der Waals surface area contributed by atoms with E-state index < -0.39 is 10.8 Å². The van der Waals surface area contributed by atoms with Crippen LogP contribution in [0.1, 0.15) is 16.9 Å². The lowest BCUT2D eigenvalue weighted by atomic mass is 10.1. The van der Waals surface area contributed by atoms with Gasteiger partial charge in [0.25, 0.3) is 16.8 Å². The topological polar surface area (TPSA) is 93.7 Å². The van der Waals surface area contributed by atoms with Gasteiger partial charge in [0.2, 0.25) is 0 Å². The summed E-state index contributed by atoms with van der Waals surface area (Å²) in [7, 11) is 0. The van der Waals surface area contributed by atoms with Crippen molar-refractivity contribution in [2.24, 2.45) is 0 Å². The van der Waals surface area contributed by atoms with Gasteiger partial charge in [0.15, 0.2) is 0 Å². The Morgan fingerprint density at radius 1 is 1.16 bits per heavy atom. The molecule has 7 nitrogen and oxygen atoms in total. The van der Waals surface area contributed by atoms with Crippen molar-refractivity contribution in [3.63, 3.8) is 0 Å². The molecule has 0 atom stereocenters. The molecule has 31 heavy (non-hydrogen) atoms. The number of thioether (sulfide) groups is 1. The number of benzene rings is 2. The molecule has 4 rings (SSSR count). The molecule has 0 unspecified atom stereocenters. The van der Waals surface area contributed by atoms with Crippen molar-refractivity contribution in [3.05, 3.63) is 91.5 Å². The van der Waals surface area contributed by atoms with Gasteiger partial charge in [-0.2, -0.15) is 0 Å². The fraction of sp³-hybridized carbons (Fsp3) is 0.0909. The highest BCUT2D eigenvalue weighted by atomic mass is 35.5. The van der Waals surface area contributed by atoms with Gasteiger partial charge < -0.3 is 4.42 Å². The number of amides is 2. The van der Waals surface area contributed by atoms with E-state index in [1.807, 2.05) is 31.2 Å². The molecular weight excluding hydrogens is 440 g/mol. The molecule has 1 aromatic heterocycles. The molecule has 0 spiro atoms. The fourth-order valence-electron chi connectivity index (χ4n) is 3.15. The molecule has 1 aliphatic rings. The highest BCUT2D eigenvalue weighted by Crippen LogP contribution is 2.36. The van der Waals surface area contributed by atoms with E-state index in [1.165, 1.54) is 29.2 Å². The molecule has 2 heterocycles. The third kappa shape index (κ3) is 4.40. The zero-order chi connectivity index (χ0) is 22.1. The van der Waals surface area contributed by atoms with Crippen LogP contribution in [-0.2, 0) is 11.3 Å². The van der Waals surface area contributed by atoms with E-state index in [-0.39, 0.29) is 22.4 Å². The molecule has 9 heteroatoms. The van der Waals surface area contributed by atoms with E-state index in [1.54, 1.807) is 12.1 Å². The fourth-order valence-corrected chi connectivity index (χ4v) is 4.18. The predicted octanol–water partition coefficient (Wildman–Crippen LogP) is 6.05. The van der Waals surface area contributed by atoms with Crippen LogP contribution in [0.25, 0.3) is 17.4 Å². The van der Waals surface area contributed by atoms with Crippen LogP contribution in [0.4, 0.5) is 10.5 Å². The number of halogens is 1. The number of aryl methyl sites for hydroxylation is 1. The van der Waals surface area contributed by atoms with E-state index in [0.29, 0.717) is 22.1 Å². The molecule has 0 N–H and O–H groups in total. The number of non-ortho nitro benzene ring substituents is 1. The minimum Gasteiger partial charge on any atom is -0.457 e. The predicted molar refractivity (Wildman–Crippen MR) is 119 cm³/mol. The van der Waals surface area contributed by atoms with Crippen molar-refractivity contribution >= 4 is 46.3 Å². The summed E-state index contributed by atoms with van der Waals surface area (Å²) < 4.78 is 5.72. The van der Waals surface area contributed by atoms with Gasteiger partial charge in [0.1, 0.15) is 11.5 Å². The SMILES string of the molecule is Cc1cccc(CN2C(=O)S/C(=C\c3ccc(-c4cc([N+](=O)[O-])ccc4Cl)o3)C2=O)c1. The molecule has 1 aliphatic heterocycles. The zero-order valence-electron chi connectivity index (χ0n) is 16.2. The van der Waals surface area contributed by atoms with Crippen LogP contribution >= 0.6 is 23.4 Å². The first-order valence-electron chi connectivity index (χ1n) is 9.17. The smallest absolute Gasteiger partial charge is 0.293 e. The largest absolute Gasteiger partial charge is 0.457 e. The Kier molecular flexibility index (Phi) is 5.67. The Morgan fingerprint density at radius 3 is 2.71 bits per heavy atom. The summed E-state index contributed by atoms with van der Waals surface area (Å²) in [6.45, 7) is 2.13. The molecule has 0 saturated carbocycles. The van der Waals surface area contributed by atoms with Gasteiger partial charge in [-0.3, -0.25) is 24.6 Å². The van der Waals surface area contributed by atoms with Crippen LogP contribution in [-0.4, -0.2) is 21.0 Å². The summed E-state index contributed by atoms with van der Waals surface area (Å²) in [6.07, 6.45) is 1.48. The molecule has 2 amide bonds. The standard InChI is InChI=1S/C22H15ClN2O5S/c1-13-3-2-4-14(9-13)12-24-21(26)20(31-22(24)27)11-16-6-8-19(30-16)17-10-15(25(28)29)5-7-18(17)23/h2-11H,12H2,1H3/b20-11-. The number of nitrogens with zero attached hydrogens (tertiary/aromatic N) is 2. The van der Waals surface area contributed by atoms with Crippen LogP contribution in [0, 0.1) is 17.0 Å². The average molecular weight is 455 g/mol. The molecule has 2 aromatic carbocycles. The quantitative estimate of drug-likeness (QED) is 0.264. The summed E-state index contributed by atoms with van der Waals surface area (Å²) >= 11 is 6.99. The number of rotatable bonds is 5. The number of carbonyl (C=O) groups excluding carboxylic acids is 2. The maximum Gasteiger partial charge on any atom is 0.293 e. The molecule has 1 fully saturated rings. The molecule has 3 aromatic rings. The molecule has 0 radical (unpaired) electrons.